The number of halogens is 2. The molecule has 0 bridgehead atoms. The van der Waals surface area contributed by atoms with Gasteiger partial charge in [-0.05, 0) is 30.3 Å². The number of nitrogens with two attached hydrogens (primary N) is 1. The van der Waals surface area contributed by atoms with Crippen LogP contribution >= 0.6 is 23.2 Å². The van der Waals surface area contributed by atoms with Gasteiger partial charge in [0.25, 0.3) is 0 Å². The van der Waals surface area contributed by atoms with Crippen LogP contribution in [-0.2, 0) is 10.1 Å². The summed E-state index contributed by atoms with van der Waals surface area (Å²) in [7, 11) is -4.00. The van der Waals surface area contributed by atoms with Gasteiger partial charge in [-0.15, -0.1) is 0 Å². The fourth-order valence-electron chi connectivity index (χ4n) is 1.36. The number of nitrogen functional groups attached to an aromatic ring is 1. The number of anilines is 1. The molecule has 0 saturated carbocycles. The zero-order valence-electron chi connectivity index (χ0n) is 9.51. The predicted molar refractivity (Wildman–Crippen MR) is 75.1 cm³/mol. The molecule has 2 aromatic rings. The Kier molecular flexibility index (Phi) is 3.89. The summed E-state index contributed by atoms with van der Waals surface area (Å²) < 4.78 is 29.0. The molecule has 0 heterocycles. The number of benzene rings is 2. The Bertz CT molecular complexity index is 717. The second kappa shape index (κ2) is 5.28. The van der Waals surface area contributed by atoms with Crippen molar-refractivity contribution in [2.24, 2.45) is 0 Å². The molecule has 19 heavy (non-hydrogen) atoms. The minimum absolute atomic E-state index is 0.0635. The van der Waals surface area contributed by atoms with Crippen LogP contribution in [0, 0.1) is 0 Å². The van der Waals surface area contributed by atoms with Crippen LogP contribution in [0.2, 0.25) is 10.0 Å². The normalized spacial score (nSPS) is 11.3. The molecule has 100 valence electrons. The van der Waals surface area contributed by atoms with Crippen LogP contribution in [0.1, 0.15) is 0 Å². The minimum Gasteiger partial charge on any atom is -0.396 e. The molecule has 4 nitrogen and oxygen atoms in total. The number of hydrogen-bond donors (Lipinski definition) is 1. The first kappa shape index (κ1) is 14.0. The minimum atomic E-state index is -4.00. The van der Waals surface area contributed by atoms with Crippen molar-refractivity contribution in [2.75, 3.05) is 5.73 Å². The van der Waals surface area contributed by atoms with Crippen molar-refractivity contribution in [3.05, 3.63) is 52.5 Å². The van der Waals surface area contributed by atoms with Crippen molar-refractivity contribution >= 4 is 39.0 Å². The summed E-state index contributed by atoms with van der Waals surface area (Å²) in [5.41, 5.74) is 5.85. The van der Waals surface area contributed by atoms with Crippen LogP contribution in [0.4, 0.5) is 5.69 Å². The molecular weight excluding hydrogens is 309 g/mol. The van der Waals surface area contributed by atoms with Crippen LogP contribution in [0.5, 0.6) is 5.75 Å². The Labute approximate surface area is 120 Å². The summed E-state index contributed by atoms with van der Waals surface area (Å²) in [6.45, 7) is 0. The van der Waals surface area contributed by atoms with Crippen LogP contribution in [0.3, 0.4) is 0 Å². The Morgan fingerprint density at radius 2 is 1.68 bits per heavy atom. The van der Waals surface area contributed by atoms with Crippen LogP contribution in [0.15, 0.2) is 47.4 Å². The standard InChI is InChI=1S/C12H9Cl2NO3S/c13-9-6-5-8(7-10(9)14)19(16,17)18-12-4-2-1-3-11(12)15/h1-7H,15H2. The van der Waals surface area contributed by atoms with Gasteiger partial charge in [-0.25, -0.2) is 0 Å². The highest BCUT2D eigenvalue weighted by molar-refractivity contribution is 7.87. The van der Waals surface area contributed by atoms with E-state index in [-0.39, 0.29) is 26.4 Å². The van der Waals surface area contributed by atoms with Crippen molar-refractivity contribution in [1.29, 1.82) is 0 Å². The third-order valence-corrected chi connectivity index (χ3v) is 4.27. The molecule has 0 aliphatic rings. The van der Waals surface area contributed by atoms with Gasteiger partial charge in [0.2, 0.25) is 0 Å². The van der Waals surface area contributed by atoms with E-state index in [9.17, 15) is 8.42 Å². The zero-order valence-corrected chi connectivity index (χ0v) is 11.8. The van der Waals surface area contributed by atoms with Gasteiger partial charge in [-0.1, -0.05) is 35.3 Å². The number of para-hydroxylation sites is 2. The first-order valence-electron chi connectivity index (χ1n) is 5.14. The Balaban J connectivity index is 2.38. The predicted octanol–water partition coefficient (Wildman–Crippen LogP) is 3.34. The summed E-state index contributed by atoms with van der Waals surface area (Å²) in [6.07, 6.45) is 0. The first-order chi connectivity index (χ1) is 8.90. The first-order valence-corrected chi connectivity index (χ1v) is 7.30. The summed E-state index contributed by atoms with van der Waals surface area (Å²) in [5.74, 6) is 0.0635. The monoisotopic (exact) mass is 317 g/mol. The van der Waals surface area contributed by atoms with E-state index in [4.69, 9.17) is 33.1 Å². The maximum Gasteiger partial charge on any atom is 0.339 e. The highest BCUT2D eigenvalue weighted by atomic mass is 35.5. The molecule has 0 radical (unpaired) electrons. The molecule has 0 fully saturated rings. The van der Waals surface area contributed by atoms with Crippen molar-refractivity contribution in [1.82, 2.24) is 0 Å². The summed E-state index contributed by atoms with van der Waals surface area (Å²) in [6, 6.07) is 10.2. The zero-order chi connectivity index (χ0) is 14.0. The Morgan fingerprint density at radius 1 is 1.00 bits per heavy atom. The van der Waals surface area contributed by atoms with Crippen LogP contribution in [0.25, 0.3) is 0 Å². The largest absolute Gasteiger partial charge is 0.396 e. The van der Waals surface area contributed by atoms with Crippen molar-refractivity contribution in [3.63, 3.8) is 0 Å². The lowest BCUT2D eigenvalue weighted by atomic mass is 10.3. The lowest BCUT2D eigenvalue weighted by Crippen LogP contribution is -2.10. The van der Waals surface area contributed by atoms with Gasteiger partial charge < -0.3 is 9.92 Å². The van der Waals surface area contributed by atoms with E-state index in [1.54, 1.807) is 18.2 Å². The lowest BCUT2D eigenvalue weighted by Gasteiger charge is -2.09. The average molecular weight is 318 g/mol. The molecule has 2 rings (SSSR count). The summed E-state index contributed by atoms with van der Waals surface area (Å²) in [4.78, 5) is -0.0925. The van der Waals surface area contributed by atoms with Gasteiger partial charge in [0.05, 0.1) is 15.7 Å². The van der Waals surface area contributed by atoms with E-state index in [0.29, 0.717) is 0 Å². The SMILES string of the molecule is Nc1ccccc1OS(=O)(=O)c1ccc(Cl)c(Cl)c1. The second-order valence-corrected chi connectivity index (χ2v) is 6.01. The highest BCUT2D eigenvalue weighted by Gasteiger charge is 2.19. The Morgan fingerprint density at radius 3 is 2.32 bits per heavy atom. The molecule has 0 aliphatic carbocycles. The third kappa shape index (κ3) is 3.12. The summed E-state index contributed by atoms with van der Waals surface area (Å²) >= 11 is 11.5. The van der Waals surface area contributed by atoms with Gasteiger partial charge in [0.15, 0.2) is 5.75 Å². The molecular formula is C12H9Cl2NO3S. The number of rotatable bonds is 3. The van der Waals surface area contributed by atoms with Crippen LogP contribution < -0.4 is 9.92 Å². The third-order valence-electron chi connectivity index (χ3n) is 2.30. The van der Waals surface area contributed by atoms with Gasteiger partial charge in [-0.2, -0.15) is 8.42 Å². The molecule has 0 spiro atoms. The molecule has 0 atom stereocenters. The molecule has 7 heteroatoms. The van der Waals surface area contributed by atoms with E-state index >= 15 is 0 Å². The van der Waals surface area contributed by atoms with Crippen molar-refractivity contribution < 1.29 is 12.6 Å². The van der Waals surface area contributed by atoms with Gasteiger partial charge in [-0.3, -0.25) is 0 Å². The Hall–Kier alpha value is -1.43. The maximum atomic E-state index is 12.0. The number of hydrogen-bond acceptors (Lipinski definition) is 4. The molecule has 0 saturated heterocycles. The lowest BCUT2D eigenvalue weighted by molar-refractivity contribution is 0.487. The quantitative estimate of drug-likeness (QED) is 0.696. The second-order valence-electron chi connectivity index (χ2n) is 3.65. The molecule has 0 aliphatic heterocycles. The topological polar surface area (TPSA) is 69.4 Å². The fraction of sp³-hybridized carbons (Fsp3) is 0. The molecule has 2 N–H and O–H groups in total. The van der Waals surface area contributed by atoms with Gasteiger partial charge in [0.1, 0.15) is 4.90 Å². The van der Waals surface area contributed by atoms with Gasteiger partial charge in [0, 0.05) is 0 Å². The van der Waals surface area contributed by atoms with E-state index in [1.807, 2.05) is 0 Å². The average Bonchev–Trinajstić information content (AvgIpc) is 2.35. The van der Waals surface area contributed by atoms with E-state index in [2.05, 4.69) is 0 Å². The molecule has 0 amide bonds. The van der Waals surface area contributed by atoms with Crippen molar-refractivity contribution in [2.45, 2.75) is 4.90 Å². The van der Waals surface area contributed by atoms with E-state index in [0.717, 1.165) is 0 Å². The van der Waals surface area contributed by atoms with Gasteiger partial charge >= 0.3 is 10.1 Å². The summed E-state index contributed by atoms with van der Waals surface area (Å²) in [5, 5.41) is 0.396. The molecule has 0 aromatic heterocycles. The van der Waals surface area contributed by atoms with E-state index < -0.39 is 10.1 Å². The smallest absolute Gasteiger partial charge is 0.339 e. The maximum absolute atomic E-state index is 12.0. The molecule has 0 unspecified atom stereocenters. The van der Waals surface area contributed by atoms with E-state index in [1.165, 1.54) is 24.3 Å². The van der Waals surface area contributed by atoms with Crippen molar-refractivity contribution in [3.8, 4) is 5.75 Å². The van der Waals surface area contributed by atoms with Crippen LogP contribution in [-0.4, -0.2) is 8.42 Å². The highest BCUT2D eigenvalue weighted by Crippen LogP contribution is 2.28. The molecule has 2 aromatic carbocycles. The fourth-order valence-corrected chi connectivity index (χ4v) is 2.70.